The van der Waals surface area contributed by atoms with E-state index in [0.29, 0.717) is 13.0 Å². The molecule has 25 heavy (non-hydrogen) atoms. The third kappa shape index (κ3) is 4.53. The molecule has 1 heterocycles. The maximum absolute atomic E-state index is 12.8. The molecule has 6 nitrogen and oxygen atoms in total. The van der Waals surface area contributed by atoms with E-state index in [1.165, 1.54) is 0 Å². The Balaban J connectivity index is 2.05. The molecule has 2 rings (SSSR count). The van der Waals surface area contributed by atoms with Crippen molar-refractivity contribution in [3.05, 3.63) is 41.7 Å². The van der Waals surface area contributed by atoms with Gasteiger partial charge in [0.2, 0.25) is 5.91 Å². The second-order valence-corrected chi connectivity index (χ2v) is 6.10. The monoisotopic (exact) mass is 344 g/mol. The van der Waals surface area contributed by atoms with Crippen LogP contribution in [0.4, 0.5) is 5.69 Å². The van der Waals surface area contributed by atoms with E-state index in [1.54, 1.807) is 12.0 Å². The first-order valence-electron chi connectivity index (χ1n) is 8.66. The van der Waals surface area contributed by atoms with Crippen LogP contribution in [0.2, 0.25) is 0 Å². The van der Waals surface area contributed by atoms with Crippen LogP contribution >= 0.6 is 0 Å². The largest absolute Gasteiger partial charge is 0.497 e. The number of methoxy groups -OCH3 is 1. The lowest BCUT2D eigenvalue weighted by molar-refractivity contribution is -0.131. The van der Waals surface area contributed by atoms with Crippen LogP contribution in [0.15, 0.2) is 30.5 Å². The number of aryl methyl sites for hydroxylation is 1. The van der Waals surface area contributed by atoms with Gasteiger partial charge in [0.05, 0.1) is 13.3 Å². The van der Waals surface area contributed by atoms with E-state index in [0.717, 1.165) is 29.2 Å². The van der Waals surface area contributed by atoms with Crippen LogP contribution in [0.25, 0.3) is 0 Å². The number of nitrogens with zero attached hydrogens (tertiary/aromatic N) is 3. The summed E-state index contributed by atoms with van der Waals surface area (Å²) in [6.45, 7) is 7.49. The number of likely N-dealkylation sites (N-methyl/N-ethyl adjacent to an activating group) is 1. The molecule has 1 aromatic carbocycles. The molecule has 1 N–H and O–H groups in total. The van der Waals surface area contributed by atoms with Crippen molar-refractivity contribution >= 4 is 11.6 Å². The fourth-order valence-electron chi connectivity index (χ4n) is 2.81. The third-order valence-corrected chi connectivity index (χ3v) is 4.41. The van der Waals surface area contributed by atoms with E-state index >= 15 is 0 Å². The Kier molecular flexibility index (Phi) is 6.44. The molecule has 136 valence electrons. The average Bonchev–Trinajstić information content (AvgIpc) is 2.98. The van der Waals surface area contributed by atoms with Crippen LogP contribution < -0.4 is 10.1 Å². The fourth-order valence-corrected chi connectivity index (χ4v) is 2.81. The number of anilines is 1. The molecule has 2 aromatic rings. The number of carbonyl (C=O) groups excluding carboxylic acids is 1. The van der Waals surface area contributed by atoms with E-state index in [-0.39, 0.29) is 11.9 Å². The Morgan fingerprint density at radius 1 is 1.40 bits per heavy atom. The van der Waals surface area contributed by atoms with Crippen molar-refractivity contribution in [1.82, 2.24) is 14.7 Å². The minimum atomic E-state index is -0.279. The number of benzene rings is 1. The zero-order chi connectivity index (χ0) is 18.4. The number of carbonyl (C=O) groups is 1. The van der Waals surface area contributed by atoms with Crippen molar-refractivity contribution in [1.29, 1.82) is 0 Å². The second-order valence-electron chi connectivity index (χ2n) is 6.10. The Labute approximate surface area is 149 Å². The van der Waals surface area contributed by atoms with Gasteiger partial charge in [-0.1, -0.05) is 13.0 Å². The molecule has 0 aliphatic rings. The zero-order valence-electron chi connectivity index (χ0n) is 15.7. The van der Waals surface area contributed by atoms with Gasteiger partial charge in [0.15, 0.2) is 0 Å². The van der Waals surface area contributed by atoms with Gasteiger partial charge in [-0.15, -0.1) is 0 Å². The summed E-state index contributed by atoms with van der Waals surface area (Å²) >= 11 is 0. The summed E-state index contributed by atoms with van der Waals surface area (Å²) in [6.07, 6.45) is 2.55. The summed E-state index contributed by atoms with van der Waals surface area (Å²) in [4.78, 5) is 14.6. The first-order chi connectivity index (χ1) is 12.0. The third-order valence-electron chi connectivity index (χ3n) is 4.41. The zero-order valence-corrected chi connectivity index (χ0v) is 15.7. The molecule has 0 aliphatic carbocycles. The van der Waals surface area contributed by atoms with Gasteiger partial charge in [-0.05, 0) is 32.4 Å². The van der Waals surface area contributed by atoms with Crippen molar-refractivity contribution in [3.8, 4) is 5.75 Å². The molecule has 1 atom stereocenters. The van der Waals surface area contributed by atoms with Crippen LogP contribution in [0.1, 0.15) is 31.5 Å². The second kappa shape index (κ2) is 8.55. The highest BCUT2D eigenvalue weighted by Crippen LogP contribution is 2.19. The van der Waals surface area contributed by atoms with E-state index in [1.807, 2.05) is 56.0 Å². The molecule has 0 unspecified atom stereocenters. The van der Waals surface area contributed by atoms with E-state index < -0.39 is 0 Å². The number of amides is 1. The summed E-state index contributed by atoms with van der Waals surface area (Å²) in [5.41, 5.74) is 3.06. The molecule has 0 saturated carbocycles. The topological polar surface area (TPSA) is 59.4 Å². The minimum Gasteiger partial charge on any atom is -0.497 e. The molecule has 0 saturated heterocycles. The summed E-state index contributed by atoms with van der Waals surface area (Å²) in [6, 6.07) is 7.34. The molecular formula is C19H28N4O2. The van der Waals surface area contributed by atoms with Crippen LogP contribution in [-0.2, 0) is 17.9 Å². The van der Waals surface area contributed by atoms with Crippen molar-refractivity contribution in [2.75, 3.05) is 19.5 Å². The SMILES string of the molecule is CC[C@@H](Nc1cccc(OC)c1)C(=O)N(C)Cc1cnn(CC)c1C. The molecule has 0 radical (unpaired) electrons. The summed E-state index contributed by atoms with van der Waals surface area (Å²) in [7, 11) is 3.47. The van der Waals surface area contributed by atoms with Crippen molar-refractivity contribution in [3.63, 3.8) is 0 Å². The van der Waals surface area contributed by atoms with Gasteiger partial charge >= 0.3 is 0 Å². The number of nitrogens with one attached hydrogen (secondary N) is 1. The van der Waals surface area contributed by atoms with Gasteiger partial charge < -0.3 is 15.0 Å². The molecule has 1 amide bonds. The molecule has 0 aliphatic heterocycles. The lowest BCUT2D eigenvalue weighted by atomic mass is 10.1. The maximum Gasteiger partial charge on any atom is 0.245 e. The molecule has 0 bridgehead atoms. The van der Waals surface area contributed by atoms with Crippen molar-refractivity contribution in [2.24, 2.45) is 0 Å². The molecular weight excluding hydrogens is 316 g/mol. The van der Waals surface area contributed by atoms with E-state index in [4.69, 9.17) is 4.74 Å². The predicted molar refractivity (Wildman–Crippen MR) is 99.8 cm³/mol. The summed E-state index contributed by atoms with van der Waals surface area (Å²) < 4.78 is 7.18. The average molecular weight is 344 g/mol. The van der Waals surface area contributed by atoms with Gasteiger partial charge in [0.25, 0.3) is 0 Å². The Morgan fingerprint density at radius 2 is 2.16 bits per heavy atom. The van der Waals surface area contributed by atoms with E-state index in [9.17, 15) is 4.79 Å². The minimum absolute atomic E-state index is 0.0639. The van der Waals surface area contributed by atoms with Gasteiger partial charge in [-0.25, -0.2) is 0 Å². The Morgan fingerprint density at radius 3 is 2.76 bits per heavy atom. The van der Waals surface area contributed by atoms with Crippen LogP contribution in [0.5, 0.6) is 5.75 Å². The molecule has 1 aromatic heterocycles. The van der Waals surface area contributed by atoms with Crippen molar-refractivity contribution in [2.45, 2.75) is 46.3 Å². The van der Waals surface area contributed by atoms with Gasteiger partial charge in [0.1, 0.15) is 11.8 Å². The first kappa shape index (κ1) is 18.8. The lowest BCUT2D eigenvalue weighted by Gasteiger charge is -2.24. The fraction of sp³-hybridized carbons (Fsp3) is 0.474. The normalized spacial score (nSPS) is 11.9. The van der Waals surface area contributed by atoms with Crippen LogP contribution in [-0.4, -0.2) is 40.8 Å². The number of rotatable bonds is 8. The predicted octanol–water partition coefficient (Wildman–Crippen LogP) is 3.07. The lowest BCUT2D eigenvalue weighted by Crippen LogP contribution is -2.40. The van der Waals surface area contributed by atoms with Gasteiger partial charge in [-0.2, -0.15) is 5.10 Å². The van der Waals surface area contributed by atoms with E-state index in [2.05, 4.69) is 17.3 Å². The van der Waals surface area contributed by atoms with Crippen LogP contribution in [0, 0.1) is 6.92 Å². The quantitative estimate of drug-likeness (QED) is 0.799. The molecule has 0 fully saturated rings. The van der Waals surface area contributed by atoms with Gasteiger partial charge in [0, 0.05) is 43.1 Å². The maximum atomic E-state index is 12.8. The number of hydrogen-bond donors (Lipinski definition) is 1. The smallest absolute Gasteiger partial charge is 0.245 e. The van der Waals surface area contributed by atoms with Gasteiger partial charge in [-0.3, -0.25) is 9.48 Å². The standard InChI is InChI=1S/C19H28N4O2/c1-6-18(21-16-9-8-10-17(11-16)25-5)19(24)22(4)13-15-12-20-23(7-2)14(15)3/h8-12,18,21H,6-7,13H2,1-5H3/t18-/m1/s1. The highest BCUT2D eigenvalue weighted by Gasteiger charge is 2.21. The highest BCUT2D eigenvalue weighted by molar-refractivity contribution is 5.84. The molecule has 0 spiro atoms. The number of ether oxygens (including phenoxy) is 1. The number of aromatic nitrogens is 2. The molecule has 6 heteroatoms. The Bertz CT molecular complexity index is 711. The summed E-state index contributed by atoms with van der Waals surface area (Å²) in [5, 5.41) is 7.66. The highest BCUT2D eigenvalue weighted by atomic mass is 16.5. The summed E-state index contributed by atoms with van der Waals surface area (Å²) in [5.74, 6) is 0.831. The van der Waals surface area contributed by atoms with Crippen LogP contribution in [0.3, 0.4) is 0 Å². The number of hydrogen-bond acceptors (Lipinski definition) is 4. The van der Waals surface area contributed by atoms with Crippen molar-refractivity contribution < 1.29 is 9.53 Å². The first-order valence-corrected chi connectivity index (χ1v) is 8.66. The Hall–Kier alpha value is -2.50.